The molecule has 1 fully saturated rings. The highest BCUT2D eigenvalue weighted by Crippen LogP contribution is 2.32. The number of aromatic amines is 1. The zero-order chi connectivity index (χ0) is 23.4. The SMILES string of the molecule is O=C(O)Oc1ccc2[nH]cc(CCCCN3CCN(c4cccc(C(F)(F)F)c4)CC3)c2c1. The fraction of sp³-hybridized carbons (Fsp3) is 0.375. The van der Waals surface area contributed by atoms with Gasteiger partial charge in [0.05, 0.1) is 5.56 Å². The molecule has 0 bridgehead atoms. The van der Waals surface area contributed by atoms with Crippen molar-refractivity contribution in [3.05, 3.63) is 59.8 Å². The molecule has 3 aromatic rings. The Balaban J connectivity index is 1.24. The van der Waals surface area contributed by atoms with Crippen LogP contribution in [0.2, 0.25) is 0 Å². The molecule has 1 aliphatic heterocycles. The zero-order valence-corrected chi connectivity index (χ0v) is 18.1. The molecule has 33 heavy (non-hydrogen) atoms. The predicted molar refractivity (Wildman–Crippen MR) is 120 cm³/mol. The highest BCUT2D eigenvalue weighted by molar-refractivity contribution is 5.85. The second-order valence-corrected chi connectivity index (χ2v) is 8.22. The summed E-state index contributed by atoms with van der Waals surface area (Å²) in [5.41, 5.74) is 2.07. The summed E-state index contributed by atoms with van der Waals surface area (Å²) < 4.78 is 43.7. The number of alkyl halides is 3. The molecule has 4 rings (SSSR count). The van der Waals surface area contributed by atoms with E-state index in [0.717, 1.165) is 61.4 Å². The molecule has 1 aliphatic rings. The van der Waals surface area contributed by atoms with E-state index in [4.69, 9.17) is 9.84 Å². The van der Waals surface area contributed by atoms with Crippen LogP contribution in [-0.2, 0) is 12.6 Å². The van der Waals surface area contributed by atoms with E-state index < -0.39 is 17.9 Å². The van der Waals surface area contributed by atoms with E-state index in [-0.39, 0.29) is 0 Å². The van der Waals surface area contributed by atoms with Crippen molar-refractivity contribution in [2.75, 3.05) is 37.6 Å². The van der Waals surface area contributed by atoms with Crippen LogP contribution in [0.25, 0.3) is 10.9 Å². The molecule has 2 N–H and O–H groups in total. The number of nitrogens with one attached hydrogen (secondary N) is 1. The van der Waals surface area contributed by atoms with Crippen LogP contribution in [0.4, 0.5) is 23.7 Å². The maximum atomic E-state index is 13.0. The number of ether oxygens (including phenoxy) is 1. The third-order valence-electron chi connectivity index (χ3n) is 6.03. The second-order valence-electron chi connectivity index (χ2n) is 8.22. The van der Waals surface area contributed by atoms with E-state index in [0.29, 0.717) is 24.5 Å². The number of anilines is 1. The number of benzene rings is 2. The van der Waals surface area contributed by atoms with Gasteiger partial charge in [0.1, 0.15) is 5.75 Å². The first kappa shape index (κ1) is 23.0. The average Bonchev–Trinajstić information content (AvgIpc) is 3.18. The Morgan fingerprint density at radius 3 is 2.58 bits per heavy atom. The number of unbranched alkanes of at least 4 members (excludes halogenated alkanes) is 1. The molecule has 176 valence electrons. The van der Waals surface area contributed by atoms with Crippen LogP contribution in [0.3, 0.4) is 0 Å². The molecule has 0 radical (unpaired) electrons. The van der Waals surface area contributed by atoms with Gasteiger partial charge in [0.2, 0.25) is 0 Å². The molecule has 0 atom stereocenters. The Labute approximate surface area is 189 Å². The minimum absolute atomic E-state index is 0.300. The van der Waals surface area contributed by atoms with Gasteiger partial charge in [-0.2, -0.15) is 13.2 Å². The van der Waals surface area contributed by atoms with Gasteiger partial charge in [-0.15, -0.1) is 0 Å². The van der Waals surface area contributed by atoms with E-state index in [1.54, 1.807) is 24.3 Å². The summed E-state index contributed by atoms with van der Waals surface area (Å²) in [6, 6.07) is 10.7. The van der Waals surface area contributed by atoms with Gasteiger partial charge in [0, 0.05) is 49.0 Å². The molecular weight excluding hydrogens is 435 g/mol. The number of hydrogen-bond acceptors (Lipinski definition) is 4. The second kappa shape index (κ2) is 9.74. The number of hydrogen-bond donors (Lipinski definition) is 2. The first-order valence-corrected chi connectivity index (χ1v) is 10.9. The van der Waals surface area contributed by atoms with Crippen molar-refractivity contribution in [2.24, 2.45) is 0 Å². The molecule has 2 aromatic carbocycles. The van der Waals surface area contributed by atoms with Crippen molar-refractivity contribution in [1.29, 1.82) is 0 Å². The highest BCUT2D eigenvalue weighted by atomic mass is 19.4. The number of fused-ring (bicyclic) bond motifs is 1. The summed E-state index contributed by atoms with van der Waals surface area (Å²) in [6.45, 7) is 3.98. The molecule has 0 aliphatic carbocycles. The van der Waals surface area contributed by atoms with Crippen molar-refractivity contribution in [2.45, 2.75) is 25.4 Å². The van der Waals surface area contributed by atoms with Crippen LogP contribution in [0.5, 0.6) is 5.75 Å². The van der Waals surface area contributed by atoms with Crippen LogP contribution in [0, 0.1) is 0 Å². The number of carboxylic acid groups (broad SMARTS) is 1. The average molecular weight is 461 g/mol. The Bertz CT molecular complexity index is 1110. The first-order valence-electron chi connectivity index (χ1n) is 10.9. The van der Waals surface area contributed by atoms with Crippen molar-refractivity contribution in [1.82, 2.24) is 9.88 Å². The van der Waals surface area contributed by atoms with E-state index in [9.17, 15) is 18.0 Å². The van der Waals surface area contributed by atoms with Crippen LogP contribution in [0.15, 0.2) is 48.7 Å². The van der Waals surface area contributed by atoms with Gasteiger partial charge >= 0.3 is 12.3 Å². The van der Waals surface area contributed by atoms with Gasteiger partial charge in [-0.1, -0.05) is 6.07 Å². The highest BCUT2D eigenvalue weighted by Gasteiger charge is 2.31. The van der Waals surface area contributed by atoms with Crippen LogP contribution in [0.1, 0.15) is 24.0 Å². The Kier molecular flexibility index (Phi) is 6.78. The summed E-state index contributed by atoms with van der Waals surface area (Å²) in [7, 11) is 0. The van der Waals surface area contributed by atoms with Gasteiger partial charge in [-0.25, -0.2) is 4.79 Å². The minimum atomic E-state index is -4.33. The van der Waals surface area contributed by atoms with E-state index in [1.165, 1.54) is 12.1 Å². The van der Waals surface area contributed by atoms with Gasteiger partial charge in [0.25, 0.3) is 0 Å². The maximum absolute atomic E-state index is 13.0. The van der Waals surface area contributed by atoms with Gasteiger partial charge in [-0.3, -0.25) is 4.90 Å². The van der Waals surface area contributed by atoms with Gasteiger partial charge < -0.3 is 19.7 Å². The normalized spacial score (nSPS) is 15.2. The largest absolute Gasteiger partial charge is 0.511 e. The Morgan fingerprint density at radius 1 is 1.06 bits per heavy atom. The summed E-state index contributed by atoms with van der Waals surface area (Å²) in [5, 5.41) is 9.76. The summed E-state index contributed by atoms with van der Waals surface area (Å²) in [4.78, 5) is 18.3. The van der Waals surface area contributed by atoms with Crippen molar-refractivity contribution in [3.63, 3.8) is 0 Å². The van der Waals surface area contributed by atoms with Crippen LogP contribution < -0.4 is 9.64 Å². The summed E-state index contributed by atoms with van der Waals surface area (Å²) in [6.07, 6.45) is -0.872. The maximum Gasteiger partial charge on any atom is 0.511 e. The molecule has 2 heterocycles. The molecule has 0 spiro atoms. The number of carbonyl (C=O) groups is 1. The van der Waals surface area contributed by atoms with E-state index >= 15 is 0 Å². The van der Waals surface area contributed by atoms with Gasteiger partial charge in [0.15, 0.2) is 0 Å². The lowest BCUT2D eigenvalue weighted by Crippen LogP contribution is -2.46. The van der Waals surface area contributed by atoms with E-state index in [2.05, 4.69) is 9.88 Å². The molecule has 1 aromatic heterocycles. The molecule has 9 heteroatoms. The topological polar surface area (TPSA) is 68.8 Å². The van der Waals surface area contributed by atoms with Crippen molar-refractivity contribution >= 4 is 22.7 Å². The predicted octanol–water partition coefficient (Wildman–Crippen LogP) is 5.39. The number of nitrogens with zero attached hydrogens (tertiary/aromatic N) is 2. The molecule has 0 unspecified atom stereocenters. The number of aryl methyl sites for hydroxylation is 1. The van der Waals surface area contributed by atoms with E-state index in [1.807, 2.05) is 11.1 Å². The molecule has 0 amide bonds. The Hall–Kier alpha value is -3.20. The zero-order valence-electron chi connectivity index (χ0n) is 18.1. The fourth-order valence-corrected chi connectivity index (χ4v) is 4.29. The number of piperazine rings is 1. The Morgan fingerprint density at radius 2 is 1.85 bits per heavy atom. The quantitative estimate of drug-likeness (QED) is 0.281. The lowest BCUT2D eigenvalue weighted by atomic mass is 10.1. The molecule has 0 saturated carbocycles. The number of rotatable bonds is 7. The van der Waals surface area contributed by atoms with Crippen LogP contribution >= 0.6 is 0 Å². The molecular formula is C24H26F3N3O3. The minimum Gasteiger partial charge on any atom is -0.449 e. The summed E-state index contributed by atoms with van der Waals surface area (Å²) >= 11 is 0. The monoisotopic (exact) mass is 461 g/mol. The third-order valence-corrected chi connectivity index (χ3v) is 6.03. The standard InChI is InChI=1S/C24H26F3N3O3/c25-24(26,27)18-5-3-6-19(14-18)30-12-10-29(11-13-30)9-2-1-4-17-16-28-22-8-7-20(15-21(17)22)33-23(31)32/h3,5-8,14-16,28H,1-2,4,9-13H2,(H,31,32). The van der Waals surface area contributed by atoms with Crippen LogP contribution in [-0.4, -0.2) is 53.9 Å². The smallest absolute Gasteiger partial charge is 0.449 e. The number of halogens is 3. The summed E-state index contributed by atoms with van der Waals surface area (Å²) in [5.74, 6) is 0.300. The number of aromatic nitrogens is 1. The van der Waals surface area contributed by atoms with Gasteiger partial charge in [-0.05, 0) is 67.8 Å². The first-order chi connectivity index (χ1) is 15.8. The van der Waals surface area contributed by atoms with Crippen molar-refractivity contribution < 1.29 is 27.8 Å². The molecule has 1 saturated heterocycles. The lowest BCUT2D eigenvalue weighted by molar-refractivity contribution is -0.137. The number of H-pyrrole nitrogens is 1. The lowest BCUT2D eigenvalue weighted by Gasteiger charge is -2.36. The fourth-order valence-electron chi connectivity index (χ4n) is 4.29. The van der Waals surface area contributed by atoms with Crippen molar-refractivity contribution in [3.8, 4) is 5.75 Å². The third kappa shape index (κ3) is 5.78. The molecule has 6 nitrogen and oxygen atoms in total.